The molecular weight excluding hydrogens is 289 g/mol. The lowest BCUT2D eigenvalue weighted by atomic mass is 10.2. The van der Waals surface area contributed by atoms with Gasteiger partial charge in [-0.1, -0.05) is 0 Å². The van der Waals surface area contributed by atoms with E-state index >= 15 is 0 Å². The molecule has 2 rings (SSSR count). The maximum Gasteiger partial charge on any atom is 0.451 e. The molecule has 0 aliphatic carbocycles. The van der Waals surface area contributed by atoms with Crippen molar-refractivity contribution in [2.75, 3.05) is 0 Å². The van der Waals surface area contributed by atoms with Gasteiger partial charge in [0.15, 0.2) is 5.82 Å². The van der Waals surface area contributed by atoms with Gasteiger partial charge in [0, 0.05) is 6.54 Å². The molecule has 6 nitrogen and oxygen atoms in total. The number of amides is 1. The molecule has 21 heavy (non-hydrogen) atoms. The monoisotopic (exact) mass is 306 g/mol. The highest BCUT2D eigenvalue weighted by Gasteiger charge is 2.41. The predicted molar refractivity (Wildman–Crippen MR) is 66.3 cm³/mol. The first-order chi connectivity index (χ1) is 9.49. The highest BCUT2D eigenvalue weighted by molar-refractivity contribution is 5.68. The van der Waals surface area contributed by atoms with Gasteiger partial charge in [0.05, 0.1) is 12.6 Å². The molecule has 118 valence electrons. The van der Waals surface area contributed by atoms with Crippen LogP contribution in [0.15, 0.2) is 0 Å². The summed E-state index contributed by atoms with van der Waals surface area (Å²) in [6.07, 6.45) is -5.13. The fourth-order valence-electron chi connectivity index (χ4n) is 2.09. The number of alkyl halides is 3. The van der Waals surface area contributed by atoms with Crippen LogP contribution in [0.2, 0.25) is 0 Å². The second kappa shape index (κ2) is 4.88. The maximum absolute atomic E-state index is 12.8. The van der Waals surface area contributed by atoms with Crippen molar-refractivity contribution in [3.05, 3.63) is 11.6 Å². The Morgan fingerprint density at radius 1 is 1.29 bits per heavy atom. The number of fused-ring (bicyclic) bond motifs is 1. The molecule has 0 N–H and O–H groups in total. The normalized spacial score (nSPS) is 19.4. The minimum atomic E-state index is -4.56. The molecule has 0 fully saturated rings. The van der Waals surface area contributed by atoms with Gasteiger partial charge in [-0.05, 0) is 27.7 Å². The molecule has 0 bridgehead atoms. The van der Waals surface area contributed by atoms with Gasteiger partial charge in [-0.3, -0.25) is 4.90 Å². The molecule has 0 spiro atoms. The summed E-state index contributed by atoms with van der Waals surface area (Å²) in [5.74, 6) is -0.931. The van der Waals surface area contributed by atoms with Crippen LogP contribution < -0.4 is 0 Å². The zero-order valence-corrected chi connectivity index (χ0v) is 12.2. The standard InChI is InChI=1S/C12H17F3N4O2/c1-7-5-19-8(16-17-9(19)12(13,14)15)6-18(7)10(20)21-11(2,3)4/h7H,5-6H2,1-4H3/t7-/m1/s1. The first-order valence-electron chi connectivity index (χ1n) is 6.48. The minimum absolute atomic E-state index is 0.0174. The average molecular weight is 306 g/mol. The van der Waals surface area contributed by atoms with E-state index in [0.29, 0.717) is 0 Å². The molecule has 9 heteroatoms. The summed E-state index contributed by atoms with van der Waals surface area (Å²) in [7, 11) is 0. The van der Waals surface area contributed by atoms with E-state index in [4.69, 9.17) is 4.74 Å². The van der Waals surface area contributed by atoms with E-state index in [-0.39, 0.29) is 18.9 Å². The van der Waals surface area contributed by atoms with Crippen molar-refractivity contribution in [1.82, 2.24) is 19.7 Å². The molecule has 0 saturated heterocycles. The van der Waals surface area contributed by atoms with Crippen LogP contribution in [-0.4, -0.2) is 37.4 Å². The van der Waals surface area contributed by atoms with Gasteiger partial charge in [0.1, 0.15) is 5.60 Å². The third-order valence-corrected chi connectivity index (χ3v) is 3.00. The summed E-state index contributed by atoms with van der Waals surface area (Å²) < 4.78 is 44.6. The fraction of sp³-hybridized carbons (Fsp3) is 0.750. The van der Waals surface area contributed by atoms with E-state index in [1.807, 2.05) is 0 Å². The van der Waals surface area contributed by atoms with E-state index in [2.05, 4.69) is 10.2 Å². The van der Waals surface area contributed by atoms with Crippen LogP contribution in [0.5, 0.6) is 0 Å². The number of carbonyl (C=O) groups is 1. The van der Waals surface area contributed by atoms with Crippen LogP contribution in [0, 0.1) is 0 Å². The van der Waals surface area contributed by atoms with Crippen LogP contribution >= 0.6 is 0 Å². The summed E-state index contributed by atoms with van der Waals surface area (Å²) in [4.78, 5) is 13.4. The Morgan fingerprint density at radius 3 is 2.43 bits per heavy atom. The number of aromatic nitrogens is 3. The van der Waals surface area contributed by atoms with Crippen LogP contribution in [0.4, 0.5) is 18.0 Å². The topological polar surface area (TPSA) is 60.2 Å². The lowest BCUT2D eigenvalue weighted by molar-refractivity contribution is -0.148. The number of hydrogen-bond acceptors (Lipinski definition) is 4. The maximum atomic E-state index is 12.8. The van der Waals surface area contributed by atoms with Gasteiger partial charge in [0.2, 0.25) is 5.82 Å². The quantitative estimate of drug-likeness (QED) is 0.738. The van der Waals surface area contributed by atoms with Crippen LogP contribution in [0.3, 0.4) is 0 Å². The Balaban J connectivity index is 2.22. The fourth-order valence-corrected chi connectivity index (χ4v) is 2.09. The third kappa shape index (κ3) is 3.27. The van der Waals surface area contributed by atoms with Gasteiger partial charge in [-0.25, -0.2) is 4.79 Å². The molecule has 1 aliphatic rings. The molecule has 1 aromatic rings. The molecule has 1 aromatic heterocycles. The van der Waals surface area contributed by atoms with Crippen molar-refractivity contribution in [2.45, 2.75) is 58.6 Å². The van der Waals surface area contributed by atoms with E-state index in [1.165, 1.54) is 4.90 Å². The van der Waals surface area contributed by atoms with Crippen LogP contribution in [0.1, 0.15) is 39.3 Å². The summed E-state index contributed by atoms with van der Waals surface area (Å²) in [6.45, 7) is 6.76. The van der Waals surface area contributed by atoms with Crippen molar-refractivity contribution >= 4 is 6.09 Å². The molecule has 1 aliphatic heterocycles. The van der Waals surface area contributed by atoms with Gasteiger partial charge < -0.3 is 9.30 Å². The Morgan fingerprint density at radius 2 is 1.90 bits per heavy atom. The summed E-state index contributed by atoms with van der Waals surface area (Å²) in [5.41, 5.74) is -0.668. The van der Waals surface area contributed by atoms with E-state index in [1.54, 1.807) is 27.7 Å². The largest absolute Gasteiger partial charge is 0.451 e. The lowest BCUT2D eigenvalue weighted by Gasteiger charge is -2.35. The zero-order chi connectivity index (χ0) is 16.0. The van der Waals surface area contributed by atoms with E-state index in [9.17, 15) is 18.0 Å². The van der Waals surface area contributed by atoms with E-state index < -0.39 is 29.7 Å². The number of nitrogens with zero attached hydrogens (tertiary/aromatic N) is 4. The summed E-state index contributed by atoms with van der Waals surface area (Å²) in [5, 5.41) is 6.71. The number of halogens is 3. The summed E-state index contributed by atoms with van der Waals surface area (Å²) in [6, 6.07) is -0.440. The average Bonchev–Trinajstić information content (AvgIpc) is 2.67. The highest BCUT2D eigenvalue weighted by atomic mass is 19.4. The Bertz CT molecular complexity index is 548. The first-order valence-corrected chi connectivity index (χ1v) is 6.48. The minimum Gasteiger partial charge on any atom is -0.444 e. The van der Waals surface area contributed by atoms with Gasteiger partial charge in [-0.2, -0.15) is 13.2 Å². The smallest absolute Gasteiger partial charge is 0.444 e. The number of carbonyl (C=O) groups excluding carboxylic acids is 1. The number of hydrogen-bond donors (Lipinski definition) is 0. The molecule has 0 radical (unpaired) electrons. The van der Waals surface area contributed by atoms with Crippen LogP contribution in [-0.2, 0) is 24.0 Å². The third-order valence-electron chi connectivity index (χ3n) is 3.00. The van der Waals surface area contributed by atoms with Crippen LogP contribution in [0.25, 0.3) is 0 Å². The zero-order valence-electron chi connectivity index (χ0n) is 12.2. The second-order valence-electron chi connectivity index (χ2n) is 6.01. The number of ether oxygens (including phenoxy) is 1. The molecule has 0 aromatic carbocycles. The van der Waals surface area contributed by atoms with Crippen molar-refractivity contribution in [3.63, 3.8) is 0 Å². The molecule has 0 unspecified atom stereocenters. The summed E-state index contributed by atoms with van der Waals surface area (Å²) >= 11 is 0. The lowest BCUT2D eigenvalue weighted by Crippen LogP contribution is -2.47. The molecule has 1 atom stereocenters. The SMILES string of the molecule is C[C@@H]1Cn2c(nnc2C(F)(F)F)CN1C(=O)OC(C)(C)C. The predicted octanol–water partition coefficient (Wildman–Crippen LogP) is 2.44. The van der Waals surface area contributed by atoms with Crippen molar-refractivity contribution in [2.24, 2.45) is 0 Å². The molecule has 1 amide bonds. The molecule has 0 saturated carbocycles. The van der Waals surface area contributed by atoms with Crippen molar-refractivity contribution in [1.29, 1.82) is 0 Å². The molecular formula is C12H17F3N4O2. The Hall–Kier alpha value is -1.80. The van der Waals surface area contributed by atoms with Gasteiger partial charge >= 0.3 is 12.3 Å². The Kier molecular flexibility index (Phi) is 3.63. The second-order valence-corrected chi connectivity index (χ2v) is 6.01. The van der Waals surface area contributed by atoms with Gasteiger partial charge in [-0.15, -0.1) is 10.2 Å². The Labute approximate surface area is 119 Å². The first kappa shape index (κ1) is 15.6. The number of rotatable bonds is 0. The highest BCUT2D eigenvalue weighted by Crippen LogP contribution is 2.30. The van der Waals surface area contributed by atoms with Crippen molar-refractivity contribution < 1.29 is 22.7 Å². The molecule has 2 heterocycles. The van der Waals surface area contributed by atoms with Crippen molar-refractivity contribution in [3.8, 4) is 0 Å². The van der Waals surface area contributed by atoms with Gasteiger partial charge in [0.25, 0.3) is 0 Å². The van der Waals surface area contributed by atoms with E-state index in [0.717, 1.165) is 4.57 Å².